The smallest absolute Gasteiger partial charge is 0.270 e. The predicted octanol–water partition coefficient (Wildman–Crippen LogP) is 0.739. The molecular formula is C17H18N4O6. The first-order valence-electron chi connectivity index (χ1n) is 7.99. The maximum Gasteiger partial charge on any atom is 0.270 e. The van der Waals surface area contributed by atoms with Gasteiger partial charge in [-0.15, -0.1) is 0 Å². The van der Waals surface area contributed by atoms with Crippen LogP contribution in [0.1, 0.15) is 23.0 Å². The number of nitro groups is 1. The number of furan rings is 1. The van der Waals surface area contributed by atoms with Crippen LogP contribution in [0, 0.1) is 10.1 Å². The first-order valence-corrected chi connectivity index (χ1v) is 7.99. The number of benzene rings is 1. The summed E-state index contributed by atoms with van der Waals surface area (Å²) in [7, 11) is 0. The van der Waals surface area contributed by atoms with Crippen LogP contribution in [0.2, 0.25) is 0 Å². The van der Waals surface area contributed by atoms with Crippen LogP contribution in [0.3, 0.4) is 0 Å². The molecule has 3 N–H and O–H groups in total. The minimum Gasteiger partial charge on any atom is -0.467 e. The van der Waals surface area contributed by atoms with Crippen LogP contribution in [-0.4, -0.2) is 35.2 Å². The van der Waals surface area contributed by atoms with Crippen LogP contribution in [-0.2, 0) is 16.1 Å². The highest BCUT2D eigenvalue weighted by Crippen LogP contribution is 2.12. The van der Waals surface area contributed by atoms with Crippen LogP contribution in [0.25, 0.3) is 0 Å². The van der Waals surface area contributed by atoms with Crippen LogP contribution < -0.4 is 16.0 Å². The second-order valence-corrected chi connectivity index (χ2v) is 5.58. The molecule has 1 heterocycles. The maximum absolute atomic E-state index is 12.0. The average molecular weight is 374 g/mol. The Kier molecular flexibility index (Phi) is 6.64. The molecule has 3 amide bonds. The lowest BCUT2D eigenvalue weighted by atomic mass is 10.2. The van der Waals surface area contributed by atoms with Gasteiger partial charge in [0, 0.05) is 17.7 Å². The lowest BCUT2D eigenvalue weighted by Gasteiger charge is -2.14. The minimum absolute atomic E-state index is 0.0567. The lowest BCUT2D eigenvalue weighted by Crippen LogP contribution is -2.47. The first kappa shape index (κ1) is 19.6. The molecule has 1 aromatic heterocycles. The molecule has 0 bridgehead atoms. The van der Waals surface area contributed by atoms with E-state index in [9.17, 15) is 24.5 Å². The molecule has 27 heavy (non-hydrogen) atoms. The number of nitrogens with zero attached hydrogens (tertiary/aromatic N) is 1. The summed E-state index contributed by atoms with van der Waals surface area (Å²) in [6.07, 6.45) is 1.48. The van der Waals surface area contributed by atoms with E-state index in [4.69, 9.17) is 4.42 Å². The summed E-state index contributed by atoms with van der Waals surface area (Å²) in [5, 5.41) is 18.1. The Morgan fingerprint density at radius 3 is 2.63 bits per heavy atom. The summed E-state index contributed by atoms with van der Waals surface area (Å²) >= 11 is 0. The van der Waals surface area contributed by atoms with Gasteiger partial charge in [0.2, 0.25) is 11.8 Å². The van der Waals surface area contributed by atoms with E-state index in [-0.39, 0.29) is 24.3 Å². The normalized spacial score (nSPS) is 11.3. The number of amides is 3. The van der Waals surface area contributed by atoms with Crippen LogP contribution in [0.5, 0.6) is 0 Å². The molecule has 0 spiro atoms. The van der Waals surface area contributed by atoms with Gasteiger partial charge in [-0.2, -0.15) is 0 Å². The molecule has 10 nitrogen and oxygen atoms in total. The van der Waals surface area contributed by atoms with Crippen molar-refractivity contribution in [1.29, 1.82) is 0 Å². The highest BCUT2D eigenvalue weighted by molar-refractivity contribution is 5.97. The van der Waals surface area contributed by atoms with Crippen molar-refractivity contribution in [3.8, 4) is 0 Å². The van der Waals surface area contributed by atoms with E-state index < -0.39 is 28.7 Å². The Bertz CT molecular complexity index is 834. The molecule has 142 valence electrons. The quantitative estimate of drug-likeness (QED) is 0.459. The molecule has 0 aliphatic carbocycles. The van der Waals surface area contributed by atoms with Crippen LogP contribution in [0.4, 0.5) is 5.69 Å². The molecule has 0 aliphatic heterocycles. The highest BCUT2D eigenvalue weighted by atomic mass is 16.6. The average Bonchev–Trinajstić information content (AvgIpc) is 3.17. The zero-order valence-corrected chi connectivity index (χ0v) is 14.4. The van der Waals surface area contributed by atoms with E-state index >= 15 is 0 Å². The van der Waals surface area contributed by atoms with Gasteiger partial charge in [0.05, 0.1) is 24.3 Å². The zero-order valence-electron chi connectivity index (χ0n) is 14.4. The summed E-state index contributed by atoms with van der Waals surface area (Å²) in [4.78, 5) is 45.9. The number of nitrogens with one attached hydrogen (secondary N) is 3. The number of hydrogen-bond acceptors (Lipinski definition) is 6. The van der Waals surface area contributed by atoms with Crippen molar-refractivity contribution < 1.29 is 23.7 Å². The van der Waals surface area contributed by atoms with E-state index in [0.717, 1.165) is 6.07 Å². The summed E-state index contributed by atoms with van der Waals surface area (Å²) in [6.45, 7) is 1.31. The molecule has 0 saturated carbocycles. The van der Waals surface area contributed by atoms with E-state index in [1.54, 1.807) is 12.1 Å². The summed E-state index contributed by atoms with van der Waals surface area (Å²) in [5.41, 5.74) is -0.171. The monoisotopic (exact) mass is 374 g/mol. The minimum atomic E-state index is -0.817. The summed E-state index contributed by atoms with van der Waals surface area (Å²) in [5.74, 6) is -1.05. The third-order valence-corrected chi connectivity index (χ3v) is 3.52. The third-order valence-electron chi connectivity index (χ3n) is 3.52. The standard InChI is InChI=1S/C17H18N4O6/c1-11(16(23)18-9-14-6-3-7-27-14)20-15(22)10-19-17(24)12-4-2-5-13(8-12)21(25)26/h2-8,11H,9-10H2,1H3,(H,18,23)(H,19,24)(H,20,22). The van der Waals surface area contributed by atoms with E-state index in [0.29, 0.717) is 5.76 Å². The van der Waals surface area contributed by atoms with Crippen molar-refractivity contribution in [3.63, 3.8) is 0 Å². The first-order chi connectivity index (χ1) is 12.9. The predicted molar refractivity (Wildman–Crippen MR) is 93.6 cm³/mol. The van der Waals surface area contributed by atoms with Gasteiger partial charge in [0.25, 0.3) is 11.6 Å². The van der Waals surface area contributed by atoms with Crippen molar-refractivity contribution in [1.82, 2.24) is 16.0 Å². The Morgan fingerprint density at radius 1 is 1.19 bits per heavy atom. The van der Waals surface area contributed by atoms with Gasteiger partial charge in [0.15, 0.2) is 0 Å². The lowest BCUT2D eigenvalue weighted by molar-refractivity contribution is -0.384. The number of carbonyl (C=O) groups excluding carboxylic acids is 3. The van der Waals surface area contributed by atoms with Crippen molar-refractivity contribution in [2.24, 2.45) is 0 Å². The fraction of sp³-hybridized carbons (Fsp3) is 0.235. The molecule has 0 aliphatic rings. The van der Waals surface area contributed by atoms with Gasteiger partial charge in [0.1, 0.15) is 11.8 Å². The molecule has 10 heteroatoms. The Labute approximate surface area is 154 Å². The summed E-state index contributed by atoms with van der Waals surface area (Å²) in [6, 6.07) is 7.71. The number of non-ortho nitro benzene ring substituents is 1. The van der Waals surface area contributed by atoms with Gasteiger partial charge in [-0.05, 0) is 25.1 Å². The summed E-state index contributed by atoms with van der Waals surface area (Å²) < 4.78 is 5.08. The number of carbonyl (C=O) groups is 3. The highest BCUT2D eigenvalue weighted by Gasteiger charge is 2.17. The molecule has 1 aromatic carbocycles. The van der Waals surface area contributed by atoms with E-state index in [1.807, 2.05) is 0 Å². The zero-order chi connectivity index (χ0) is 19.8. The van der Waals surface area contributed by atoms with Crippen LogP contribution in [0.15, 0.2) is 47.1 Å². The molecular weight excluding hydrogens is 356 g/mol. The second kappa shape index (κ2) is 9.13. The van der Waals surface area contributed by atoms with Crippen molar-refractivity contribution in [2.75, 3.05) is 6.54 Å². The van der Waals surface area contributed by atoms with Gasteiger partial charge < -0.3 is 20.4 Å². The van der Waals surface area contributed by atoms with Gasteiger partial charge in [-0.3, -0.25) is 24.5 Å². The molecule has 1 unspecified atom stereocenters. The molecule has 0 saturated heterocycles. The van der Waals surface area contributed by atoms with Gasteiger partial charge in [-0.25, -0.2) is 0 Å². The van der Waals surface area contributed by atoms with Crippen molar-refractivity contribution >= 4 is 23.4 Å². The van der Waals surface area contributed by atoms with E-state index in [2.05, 4.69) is 16.0 Å². The molecule has 2 aromatic rings. The Hall–Kier alpha value is -3.69. The topological polar surface area (TPSA) is 144 Å². The Morgan fingerprint density at radius 2 is 1.96 bits per heavy atom. The van der Waals surface area contributed by atoms with Gasteiger partial charge in [-0.1, -0.05) is 6.07 Å². The fourth-order valence-electron chi connectivity index (χ4n) is 2.12. The number of hydrogen-bond donors (Lipinski definition) is 3. The van der Waals surface area contributed by atoms with Crippen LogP contribution >= 0.6 is 0 Å². The largest absolute Gasteiger partial charge is 0.467 e. The SMILES string of the molecule is CC(NC(=O)CNC(=O)c1cccc([N+](=O)[O-])c1)C(=O)NCc1ccco1. The molecule has 1 atom stereocenters. The Balaban J connectivity index is 1.77. The second-order valence-electron chi connectivity index (χ2n) is 5.58. The molecule has 2 rings (SSSR count). The maximum atomic E-state index is 12.0. The number of rotatable bonds is 8. The third kappa shape index (κ3) is 5.96. The van der Waals surface area contributed by atoms with Gasteiger partial charge >= 0.3 is 0 Å². The van der Waals surface area contributed by atoms with E-state index in [1.165, 1.54) is 31.4 Å². The molecule has 0 fully saturated rings. The molecule has 0 radical (unpaired) electrons. The fourth-order valence-corrected chi connectivity index (χ4v) is 2.12. The number of nitro benzene ring substituents is 1. The van der Waals surface area contributed by atoms with Crippen molar-refractivity contribution in [3.05, 3.63) is 64.1 Å². The van der Waals surface area contributed by atoms with Crippen molar-refractivity contribution in [2.45, 2.75) is 19.5 Å².